The summed E-state index contributed by atoms with van der Waals surface area (Å²) in [7, 11) is -2.81. The third kappa shape index (κ3) is 7.14. The Bertz CT molecular complexity index is 254. The Labute approximate surface area is 98.5 Å². The lowest BCUT2D eigenvalue weighted by Gasteiger charge is -2.18. The second-order valence-electron chi connectivity index (χ2n) is 3.96. The summed E-state index contributed by atoms with van der Waals surface area (Å²) in [6.07, 6.45) is 0.676. The van der Waals surface area contributed by atoms with Crippen molar-refractivity contribution in [3.63, 3.8) is 0 Å². The van der Waals surface area contributed by atoms with Crippen LogP contribution in [0.1, 0.15) is 27.2 Å². The summed E-state index contributed by atoms with van der Waals surface area (Å²) in [6.45, 7) is 6.57. The van der Waals surface area contributed by atoms with Crippen molar-refractivity contribution >= 4 is 21.4 Å². The van der Waals surface area contributed by atoms with Gasteiger partial charge in [-0.1, -0.05) is 13.8 Å². The molecule has 3 nitrogen and oxygen atoms in total. The zero-order valence-electron chi connectivity index (χ0n) is 9.79. The fourth-order valence-corrected chi connectivity index (χ4v) is 2.24. The molecule has 0 bridgehead atoms. The molecule has 0 radical (unpaired) electrons. The summed E-state index contributed by atoms with van der Waals surface area (Å²) in [5.41, 5.74) is 0. The molecule has 0 aliphatic carbocycles. The van der Waals surface area contributed by atoms with Crippen molar-refractivity contribution in [3.05, 3.63) is 0 Å². The highest BCUT2D eigenvalue weighted by molar-refractivity contribution is 7.91. The molecule has 0 rings (SSSR count). The number of nitrogens with one attached hydrogen (secondary N) is 1. The summed E-state index contributed by atoms with van der Waals surface area (Å²) in [6, 6.07) is 0.340. The fraction of sp³-hybridized carbons (Fsp3) is 1.00. The average molecular weight is 256 g/mol. The van der Waals surface area contributed by atoms with E-state index in [9.17, 15) is 8.42 Å². The van der Waals surface area contributed by atoms with Crippen LogP contribution in [0.2, 0.25) is 0 Å². The molecule has 0 amide bonds. The Balaban J connectivity index is 3.63. The molecule has 0 heterocycles. The van der Waals surface area contributed by atoms with E-state index in [1.165, 1.54) is 0 Å². The van der Waals surface area contributed by atoms with E-state index in [1.807, 2.05) is 0 Å². The molecule has 1 N–H and O–H groups in total. The van der Waals surface area contributed by atoms with E-state index >= 15 is 0 Å². The van der Waals surface area contributed by atoms with E-state index < -0.39 is 9.84 Å². The molecule has 0 aromatic carbocycles. The van der Waals surface area contributed by atoms with Crippen LogP contribution in [-0.4, -0.2) is 38.4 Å². The van der Waals surface area contributed by atoms with Gasteiger partial charge in [-0.2, -0.15) is 0 Å². The normalized spacial score (nSPS) is 16.3. The van der Waals surface area contributed by atoms with E-state index in [2.05, 4.69) is 19.2 Å². The topological polar surface area (TPSA) is 46.2 Å². The summed E-state index contributed by atoms with van der Waals surface area (Å²) < 4.78 is 22.4. The van der Waals surface area contributed by atoms with E-state index in [4.69, 9.17) is 11.6 Å². The number of hydrogen-bond donors (Lipinski definition) is 1. The van der Waals surface area contributed by atoms with Crippen molar-refractivity contribution < 1.29 is 8.42 Å². The predicted octanol–water partition coefficient (Wildman–Crippen LogP) is 1.66. The summed E-state index contributed by atoms with van der Waals surface area (Å²) in [4.78, 5) is 0. The predicted molar refractivity (Wildman–Crippen MR) is 66.3 cm³/mol. The van der Waals surface area contributed by atoms with Crippen molar-refractivity contribution in [2.24, 2.45) is 5.92 Å². The quantitative estimate of drug-likeness (QED) is 0.530. The summed E-state index contributed by atoms with van der Waals surface area (Å²) >= 11 is 5.72. The second kappa shape index (κ2) is 7.47. The molecule has 0 aromatic heterocycles. The molecular formula is C10H22ClNO2S. The largest absolute Gasteiger partial charge is 0.314 e. The van der Waals surface area contributed by atoms with Gasteiger partial charge in [0, 0.05) is 17.7 Å². The van der Waals surface area contributed by atoms with Gasteiger partial charge in [-0.15, -0.1) is 11.6 Å². The van der Waals surface area contributed by atoms with Gasteiger partial charge in [0.05, 0.1) is 5.75 Å². The van der Waals surface area contributed by atoms with Crippen LogP contribution in [-0.2, 0) is 9.84 Å². The van der Waals surface area contributed by atoms with Crippen LogP contribution in [0.25, 0.3) is 0 Å². The number of rotatable bonds is 8. The van der Waals surface area contributed by atoms with Crippen LogP contribution in [0, 0.1) is 5.92 Å². The Kier molecular flexibility index (Phi) is 7.57. The summed E-state index contributed by atoms with van der Waals surface area (Å²) in [5.74, 6) is 1.55. The third-order valence-electron chi connectivity index (χ3n) is 2.64. The number of sulfone groups is 1. The highest BCUT2D eigenvalue weighted by Gasteiger charge is 2.11. The van der Waals surface area contributed by atoms with Crippen LogP contribution >= 0.6 is 11.6 Å². The van der Waals surface area contributed by atoms with Crippen molar-refractivity contribution in [2.75, 3.05) is 23.9 Å². The minimum absolute atomic E-state index is 0.237. The number of hydrogen-bond acceptors (Lipinski definition) is 3. The Morgan fingerprint density at radius 3 is 2.40 bits per heavy atom. The molecular weight excluding hydrogens is 234 g/mol. The molecule has 92 valence electrons. The Morgan fingerprint density at radius 2 is 1.93 bits per heavy atom. The third-order valence-corrected chi connectivity index (χ3v) is 4.91. The Morgan fingerprint density at radius 1 is 1.33 bits per heavy atom. The van der Waals surface area contributed by atoms with E-state index in [1.54, 1.807) is 6.92 Å². The first kappa shape index (κ1) is 15.2. The SMILES string of the molecule is CCS(=O)(=O)CCCNC(C)C(C)CCl. The maximum Gasteiger partial charge on any atom is 0.150 e. The second-order valence-corrected chi connectivity index (χ2v) is 6.75. The molecule has 0 spiro atoms. The highest BCUT2D eigenvalue weighted by atomic mass is 35.5. The van der Waals surface area contributed by atoms with Gasteiger partial charge in [0.2, 0.25) is 0 Å². The number of halogens is 1. The van der Waals surface area contributed by atoms with Crippen LogP contribution in [0.3, 0.4) is 0 Å². The summed E-state index contributed by atoms with van der Waals surface area (Å²) in [5, 5.41) is 3.28. The zero-order chi connectivity index (χ0) is 11.9. The van der Waals surface area contributed by atoms with Gasteiger partial charge in [-0.05, 0) is 25.8 Å². The molecule has 0 fully saturated rings. The van der Waals surface area contributed by atoms with E-state index in [0.29, 0.717) is 24.3 Å². The highest BCUT2D eigenvalue weighted by Crippen LogP contribution is 2.04. The first-order chi connectivity index (χ1) is 6.93. The smallest absolute Gasteiger partial charge is 0.150 e. The monoisotopic (exact) mass is 255 g/mol. The molecule has 5 heteroatoms. The van der Waals surface area contributed by atoms with Gasteiger partial charge in [-0.3, -0.25) is 0 Å². The van der Waals surface area contributed by atoms with Crippen molar-refractivity contribution in [1.29, 1.82) is 0 Å². The van der Waals surface area contributed by atoms with Gasteiger partial charge in [0.15, 0.2) is 0 Å². The maximum atomic E-state index is 11.2. The van der Waals surface area contributed by atoms with Gasteiger partial charge >= 0.3 is 0 Å². The van der Waals surface area contributed by atoms with Crippen LogP contribution in [0.4, 0.5) is 0 Å². The molecule has 2 atom stereocenters. The average Bonchev–Trinajstić information content (AvgIpc) is 2.22. The lowest BCUT2D eigenvalue weighted by molar-refractivity contribution is 0.431. The minimum atomic E-state index is -2.81. The van der Waals surface area contributed by atoms with E-state index in [0.717, 1.165) is 6.54 Å². The van der Waals surface area contributed by atoms with Gasteiger partial charge in [-0.25, -0.2) is 8.42 Å². The van der Waals surface area contributed by atoms with Crippen molar-refractivity contribution in [1.82, 2.24) is 5.32 Å². The molecule has 0 aliphatic rings. The van der Waals surface area contributed by atoms with Crippen LogP contribution < -0.4 is 5.32 Å². The van der Waals surface area contributed by atoms with Crippen molar-refractivity contribution in [3.8, 4) is 0 Å². The van der Waals surface area contributed by atoms with Crippen molar-refractivity contribution in [2.45, 2.75) is 33.2 Å². The van der Waals surface area contributed by atoms with Crippen LogP contribution in [0.15, 0.2) is 0 Å². The minimum Gasteiger partial charge on any atom is -0.314 e. The molecule has 0 aliphatic heterocycles. The molecule has 15 heavy (non-hydrogen) atoms. The molecule has 0 saturated heterocycles. The Hall–Kier alpha value is 0.200. The molecule has 2 unspecified atom stereocenters. The first-order valence-electron chi connectivity index (χ1n) is 5.42. The van der Waals surface area contributed by atoms with Gasteiger partial charge < -0.3 is 5.32 Å². The van der Waals surface area contributed by atoms with Crippen LogP contribution in [0.5, 0.6) is 0 Å². The van der Waals surface area contributed by atoms with E-state index in [-0.39, 0.29) is 11.5 Å². The van der Waals surface area contributed by atoms with Gasteiger partial charge in [0.25, 0.3) is 0 Å². The van der Waals surface area contributed by atoms with Gasteiger partial charge in [0.1, 0.15) is 9.84 Å². The first-order valence-corrected chi connectivity index (χ1v) is 7.78. The fourth-order valence-electron chi connectivity index (χ4n) is 1.10. The number of alkyl halides is 1. The maximum absolute atomic E-state index is 11.2. The zero-order valence-corrected chi connectivity index (χ0v) is 11.4. The molecule has 0 saturated carbocycles. The lowest BCUT2D eigenvalue weighted by atomic mass is 10.1. The standard InChI is InChI=1S/C10H22ClNO2S/c1-4-15(13,14)7-5-6-12-10(3)9(2)8-11/h9-10,12H,4-8H2,1-3H3. The molecule has 0 aromatic rings. The lowest BCUT2D eigenvalue weighted by Crippen LogP contribution is -2.34.